The smallest absolute Gasteiger partial charge is 0.242 e. The van der Waals surface area contributed by atoms with Gasteiger partial charge < -0.3 is 5.11 Å². The third-order valence-electron chi connectivity index (χ3n) is 1.88. The van der Waals surface area contributed by atoms with Gasteiger partial charge in [0.25, 0.3) is 0 Å². The van der Waals surface area contributed by atoms with Crippen molar-refractivity contribution < 1.29 is 5.11 Å². The van der Waals surface area contributed by atoms with Gasteiger partial charge >= 0.3 is 0 Å². The molecule has 5 heteroatoms. The van der Waals surface area contributed by atoms with E-state index in [1.54, 1.807) is 25.2 Å². The number of hydrogen-bond donors (Lipinski definition) is 1. The fraction of sp³-hybridized carbons (Fsp3) is 0.111. The summed E-state index contributed by atoms with van der Waals surface area (Å²) in [5.74, 6) is 0.716. The highest BCUT2D eigenvalue weighted by molar-refractivity contribution is 6.28. The zero-order valence-electron chi connectivity index (χ0n) is 7.48. The molecule has 1 N–H and O–H groups in total. The molecular weight excluding hydrogens is 202 g/mol. The van der Waals surface area contributed by atoms with Crippen molar-refractivity contribution in [3.63, 3.8) is 0 Å². The summed E-state index contributed by atoms with van der Waals surface area (Å²) in [4.78, 5) is 4.00. The van der Waals surface area contributed by atoms with Crippen molar-refractivity contribution in [3.05, 3.63) is 29.5 Å². The van der Waals surface area contributed by atoms with Gasteiger partial charge in [0.15, 0.2) is 5.82 Å². The SMILES string of the molecule is Cn1nc(Cl)nc1-c1ccccc1O. The number of nitrogens with zero attached hydrogens (tertiary/aromatic N) is 3. The molecule has 0 saturated heterocycles. The summed E-state index contributed by atoms with van der Waals surface area (Å²) >= 11 is 5.64. The van der Waals surface area contributed by atoms with E-state index in [4.69, 9.17) is 11.6 Å². The van der Waals surface area contributed by atoms with Crippen molar-refractivity contribution >= 4 is 11.6 Å². The van der Waals surface area contributed by atoms with Crippen LogP contribution in [-0.2, 0) is 7.05 Å². The van der Waals surface area contributed by atoms with Crippen molar-refractivity contribution in [2.75, 3.05) is 0 Å². The molecule has 0 fully saturated rings. The Morgan fingerprint density at radius 3 is 2.64 bits per heavy atom. The molecule has 0 unspecified atom stereocenters. The Balaban J connectivity index is 2.60. The van der Waals surface area contributed by atoms with Crippen LogP contribution >= 0.6 is 11.6 Å². The minimum atomic E-state index is 0.166. The molecule has 1 heterocycles. The Labute approximate surface area is 85.8 Å². The number of benzene rings is 1. The lowest BCUT2D eigenvalue weighted by Crippen LogP contribution is -1.94. The van der Waals surface area contributed by atoms with Gasteiger partial charge in [-0.2, -0.15) is 4.98 Å². The first-order valence-electron chi connectivity index (χ1n) is 4.03. The quantitative estimate of drug-likeness (QED) is 0.780. The van der Waals surface area contributed by atoms with E-state index >= 15 is 0 Å². The number of aromatic hydroxyl groups is 1. The Hall–Kier alpha value is -1.55. The molecule has 0 radical (unpaired) electrons. The number of para-hydroxylation sites is 1. The van der Waals surface area contributed by atoms with Crippen molar-refractivity contribution in [1.29, 1.82) is 0 Å². The van der Waals surface area contributed by atoms with E-state index in [-0.39, 0.29) is 11.0 Å². The van der Waals surface area contributed by atoms with E-state index in [2.05, 4.69) is 10.1 Å². The van der Waals surface area contributed by atoms with Gasteiger partial charge in [-0.05, 0) is 23.7 Å². The van der Waals surface area contributed by atoms with Crippen LogP contribution in [0.3, 0.4) is 0 Å². The average Bonchev–Trinajstić information content (AvgIpc) is 2.46. The predicted molar refractivity (Wildman–Crippen MR) is 53.1 cm³/mol. The summed E-state index contributed by atoms with van der Waals surface area (Å²) in [7, 11) is 1.72. The highest BCUT2D eigenvalue weighted by Crippen LogP contribution is 2.27. The Morgan fingerprint density at radius 2 is 2.07 bits per heavy atom. The van der Waals surface area contributed by atoms with Gasteiger partial charge in [-0.3, -0.25) is 0 Å². The molecule has 1 aromatic heterocycles. The van der Waals surface area contributed by atoms with Crippen LogP contribution in [0.4, 0.5) is 0 Å². The van der Waals surface area contributed by atoms with Crippen LogP contribution in [0.1, 0.15) is 0 Å². The van der Waals surface area contributed by atoms with E-state index in [0.717, 1.165) is 0 Å². The minimum Gasteiger partial charge on any atom is -0.507 e. The summed E-state index contributed by atoms with van der Waals surface area (Å²) < 4.78 is 1.53. The van der Waals surface area contributed by atoms with Crippen molar-refractivity contribution in [2.24, 2.45) is 7.05 Å². The third-order valence-corrected chi connectivity index (χ3v) is 2.04. The van der Waals surface area contributed by atoms with Gasteiger partial charge in [0.1, 0.15) is 5.75 Å². The molecule has 1 aromatic carbocycles. The molecule has 0 aliphatic rings. The van der Waals surface area contributed by atoms with Gasteiger partial charge in [0.2, 0.25) is 5.28 Å². The molecule has 2 rings (SSSR count). The van der Waals surface area contributed by atoms with Crippen LogP contribution in [0.5, 0.6) is 5.75 Å². The van der Waals surface area contributed by atoms with Gasteiger partial charge in [0.05, 0.1) is 5.56 Å². The molecule has 0 amide bonds. The second-order valence-electron chi connectivity index (χ2n) is 2.85. The van der Waals surface area contributed by atoms with Crippen LogP contribution in [0.25, 0.3) is 11.4 Å². The largest absolute Gasteiger partial charge is 0.507 e. The summed E-state index contributed by atoms with van der Waals surface area (Å²) in [5, 5.41) is 13.6. The predicted octanol–water partition coefficient (Wildman–Crippen LogP) is 1.84. The molecule has 14 heavy (non-hydrogen) atoms. The van der Waals surface area contributed by atoms with Crippen molar-refractivity contribution in [1.82, 2.24) is 14.8 Å². The van der Waals surface area contributed by atoms with Crippen LogP contribution in [-0.4, -0.2) is 19.9 Å². The van der Waals surface area contributed by atoms with Crippen LogP contribution in [0, 0.1) is 0 Å². The summed E-state index contributed by atoms with van der Waals surface area (Å²) in [6.07, 6.45) is 0. The van der Waals surface area contributed by atoms with Gasteiger partial charge in [-0.25, -0.2) is 4.68 Å². The van der Waals surface area contributed by atoms with E-state index in [9.17, 15) is 5.11 Å². The van der Waals surface area contributed by atoms with E-state index in [1.165, 1.54) is 4.68 Å². The maximum atomic E-state index is 9.57. The lowest BCUT2D eigenvalue weighted by Gasteiger charge is -2.01. The number of phenols is 1. The number of rotatable bonds is 1. The van der Waals surface area contributed by atoms with Crippen LogP contribution in [0.15, 0.2) is 24.3 Å². The number of aryl methyl sites for hydroxylation is 1. The second-order valence-corrected chi connectivity index (χ2v) is 3.18. The Bertz CT molecular complexity index is 467. The monoisotopic (exact) mass is 209 g/mol. The molecule has 0 spiro atoms. The normalized spacial score (nSPS) is 10.4. The van der Waals surface area contributed by atoms with Crippen molar-refractivity contribution in [3.8, 4) is 17.1 Å². The summed E-state index contributed by atoms with van der Waals surface area (Å²) in [6, 6.07) is 6.92. The van der Waals surface area contributed by atoms with E-state index in [1.807, 2.05) is 6.07 Å². The average molecular weight is 210 g/mol. The fourth-order valence-electron chi connectivity index (χ4n) is 1.25. The minimum absolute atomic E-state index is 0.166. The van der Waals surface area contributed by atoms with E-state index < -0.39 is 0 Å². The molecule has 0 atom stereocenters. The summed E-state index contributed by atoms with van der Waals surface area (Å²) in [6.45, 7) is 0. The standard InChI is InChI=1S/C9H8ClN3O/c1-13-8(11-9(10)12-13)6-4-2-3-5-7(6)14/h2-5,14H,1H3. The molecule has 4 nitrogen and oxygen atoms in total. The number of halogens is 1. The molecular formula is C9H8ClN3O. The number of phenolic OH excluding ortho intramolecular Hbond substituents is 1. The lowest BCUT2D eigenvalue weighted by molar-refractivity contribution is 0.476. The van der Waals surface area contributed by atoms with Gasteiger partial charge in [0, 0.05) is 7.05 Å². The zero-order chi connectivity index (χ0) is 10.1. The molecule has 0 aliphatic carbocycles. The number of hydrogen-bond acceptors (Lipinski definition) is 3. The molecule has 0 aliphatic heterocycles. The first-order valence-corrected chi connectivity index (χ1v) is 4.41. The molecule has 2 aromatic rings. The van der Waals surface area contributed by atoms with Crippen LogP contribution in [0.2, 0.25) is 5.28 Å². The first-order chi connectivity index (χ1) is 6.68. The fourth-order valence-corrected chi connectivity index (χ4v) is 1.44. The molecule has 72 valence electrons. The number of aromatic nitrogens is 3. The topological polar surface area (TPSA) is 50.9 Å². The van der Waals surface area contributed by atoms with Gasteiger partial charge in [-0.1, -0.05) is 12.1 Å². The molecule has 0 bridgehead atoms. The van der Waals surface area contributed by atoms with E-state index in [0.29, 0.717) is 11.4 Å². The molecule has 0 saturated carbocycles. The highest BCUT2D eigenvalue weighted by Gasteiger charge is 2.10. The second kappa shape index (κ2) is 3.31. The first kappa shape index (κ1) is 9.02. The van der Waals surface area contributed by atoms with Gasteiger partial charge in [-0.15, -0.1) is 5.10 Å². The maximum absolute atomic E-state index is 9.57. The third kappa shape index (κ3) is 1.44. The Morgan fingerprint density at radius 1 is 1.36 bits per heavy atom. The highest BCUT2D eigenvalue weighted by atomic mass is 35.5. The maximum Gasteiger partial charge on any atom is 0.242 e. The lowest BCUT2D eigenvalue weighted by atomic mass is 10.2. The van der Waals surface area contributed by atoms with Crippen molar-refractivity contribution in [2.45, 2.75) is 0 Å². The Kier molecular flexibility index (Phi) is 2.13. The summed E-state index contributed by atoms with van der Waals surface area (Å²) in [5.41, 5.74) is 0.620. The zero-order valence-corrected chi connectivity index (χ0v) is 8.23. The van der Waals surface area contributed by atoms with Crippen LogP contribution < -0.4 is 0 Å².